The van der Waals surface area contributed by atoms with E-state index in [2.05, 4.69) is 16.8 Å². The quantitative estimate of drug-likeness (QED) is 0.487. The van der Waals surface area contributed by atoms with E-state index < -0.39 is 4.92 Å². The summed E-state index contributed by atoms with van der Waals surface area (Å²) in [5.41, 5.74) is 0.600. The molecule has 1 atom stereocenters. The number of phenols is 1. The highest BCUT2D eigenvalue weighted by Gasteiger charge is 2.25. The van der Waals surface area contributed by atoms with Gasteiger partial charge in [0.15, 0.2) is 0 Å². The molecule has 0 unspecified atom stereocenters. The molecule has 0 bridgehead atoms. The Morgan fingerprint density at radius 3 is 2.80 bits per heavy atom. The number of benzene rings is 1. The van der Waals surface area contributed by atoms with Gasteiger partial charge in [-0.1, -0.05) is 6.08 Å². The third-order valence-corrected chi connectivity index (χ3v) is 3.56. The second-order valence-corrected chi connectivity index (χ2v) is 4.83. The molecule has 2 N–H and O–H groups in total. The van der Waals surface area contributed by atoms with Crippen LogP contribution in [0.4, 0.5) is 5.69 Å². The van der Waals surface area contributed by atoms with Gasteiger partial charge >= 0.3 is 0 Å². The van der Waals surface area contributed by atoms with Crippen LogP contribution in [0.1, 0.15) is 18.0 Å². The highest BCUT2D eigenvalue weighted by molar-refractivity contribution is 5.45. The summed E-state index contributed by atoms with van der Waals surface area (Å²) in [5, 5.41) is 24.2. The molecule has 1 saturated heterocycles. The maximum Gasteiger partial charge on any atom is 0.270 e. The molecule has 1 aromatic carbocycles. The first kappa shape index (κ1) is 14.5. The van der Waals surface area contributed by atoms with Crippen molar-refractivity contribution < 1.29 is 10.0 Å². The smallest absolute Gasteiger partial charge is 0.270 e. The van der Waals surface area contributed by atoms with Gasteiger partial charge in [-0.05, 0) is 12.5 Å². The zero-order valence-electron chi connectivity index (χ0n) is 11.3. The first-order valence-electron chi connectivity index (χ1n) is 6.66. The van der Waals surface area contributed by atoms with Crippen LogP contribution in [-0.4, -0.2) is 41.1 Å². The number of nitrogens with zero attached hydrogens (tertiary/aromatic N) is 2. The maximum atomic E-state index is 10.9. The average molecular weight is 277 g/mol. The summed E-state index contributed by atoms with van der Waals surface area (Å²) >= 11 is 0. The minimum Gasteiger partial charge on any atom is -0.508 e. The van der Waals surface area contributed by atoms with Gasteiger partial charge in [0.25, 0.3) is 5.69 Å². The van der Waals surface area contributed by atoms with E-state index in [1.54, 1.807) is 6.08 Å². The summed E-state index contributed by atoms with van der Waals surface area (Å²) in [6.07, 6.45) is 2.43. The Balaban J connectivity index is 2.34. The van der Waals surface area contributed by atoms with Crippen LogP contribution in [0, 0.1) is 10.1 Å². The van der Waals surface area contributed by atoms with Crippen LogP contribution < -0.4 is 5.32 Å². The number of hydrogen-bond acceptors (Lipinski definition) is 5. The second-order valence-electron chi connectivity index (χ2n) is 4.83. The van der Waals surface area contributed by atoms with Crippen molar-refractivity contribution in [2.24, 2.45) is 0 Å². The number of rotatable bonds is 5. The van der Waals surface area contributed by atoms with Crippen molar-refractivity contribution in [1.82, 2.24) is 10.2 Å². The minimum absolute atomic E-state index is 0.00185. The lowest BCUT2D eigenvalue weighted by Crippen LogP contribution is -2.45. The molecular weight excluding hydrogens is 258 g/mol. The lowest BCUT2D eigenvalue weighted by molar-refractivity contribution is -0.385. The summed E-state index contributed by atoms with van der Waals surface area (Å²) in [6.45, 7) is 7.20. The van der Waals surface area contributed by atoms with E-state index in [4.69, 9.17) is 0 Å². The number of nitro benzene ring substituents is 1. The van der Waals surface area contributed by atoms with E-state index in [0.717, 1.165) is 26.2 Å². The number of piperazine rings is 1. The van der Waals surface area contributed by atoms with Crippen molar-refractivity contribution in [3.63, 3.8) is 0 Å². The molecular formula is C14H19N3O3. The number of hydrogen-bond donors (Lipinski definition) is 2. The van der Waals surface area contributed by atoms with Crippen LogP contribution in [0.3, 0.4) is 0 Å². The second kappa shape index (κ2) is 6.49. The Morgan fingerprint density at radius 1 is 1.50 bits per heavy atom. The number of non-ortho nitro benzene ring substituents is 1. The van der Waals surface area contributed by atoms with Gasteiger partial charge < -0.3 is 10.4 Å². The van der Waals surface area contributed by atoms with E-state index in [1.807, 2.05) is 0 Å². The molecule has 0 amide bonds. The molecule has 108 valence electrons. The van der Waals surface area contributed by atoms with Gasteiger partial charge in [-0.15, -0.1) is 6.58 Å². The fraction of sp³-hybridized carbons (Fsp3) is 0.429. The molecule has 0 radical (unpaired) electrons. The Morgan fingerprint density at radius 2 is 2.20 bits per heavy atom. The van der Waals surface area contributed by atoms with Crippen LogP contribution in [-0.2, 0) is 0 Å². The van der Waals surface area contributed by atoms with Gasteiger partial charge in [0.2, 0.25) is 0 Å². The first-order valence-corrected chi connectivity index (χ1v) is 6.66. The molecule has 1 fully saturated rings. The van der Waals surface area contributed by atoms with E-state index in [-0.39, 0.29) is 17.5 Å². The number of aromatic hydroxyl groups is 1. The molecule has 0 aliphatic carbocycles. The fourth-order valence-electron chi connectivity index (χ4n) is 2.55. The topological polar surface area (TPSA) is 78.6 Å². The highest BCUT2D eigenvalue weighted by atomic mass is 16.6. The Hall–Kier alpha value is -1.92. The van der Waals surface area contributed by atoms with E-state index in [9.17, 15) is 15.2 Å². The maximum absolute atomic E-state index is 10.9. The summed E-state index contributed by atoms with van der Waals surface area (Å²) in [5.74, 6) is 0.0981. The van der Waals surface area contributed by atoms with Crippen molar-refractivity contribution in [3.8, 4) is 5.75 Å². The predicted octanol–water partition coefficient (Wildman–Crippen LogP) is 1.82. The van der Waals surface area contributed by atoms with Crippen molar-refractivity contribution >= 4 is 5.69 Å². The molecule has 20 heavy (non-hydrogen) atoms. The molecule has 0 spiro atoms. The summed E-state index contributed by atoms with van der Waals surface area (Å²) in [7, 11) is 0. The zero-order valence-corrected chi connectivity index (χ0v) is 11.3. The van der Waals surface area contributed by atoms with Gasteiger partial charge in [-0.2, -0.15) is 0 Å². The van der Waals surface area contributed by atoms with Crippen LogP contribution in [0.2, 0.25) is 0 Å². The van der Waals surface area contributed by atoms with Crippen LogP contribution in [0.5, 0.6) is 5.75 Å². The monoisotopic (exact) mass is 277 g/mol. The van der Waals surface area contributed by atoms with Gasteiger partial charge in [-0.25, -0.2) is 0 Å². The normalized spacial score (nSPS) is 17.6. The lowest BCUT2D eigenvalue weighted by Gasteiger charge is -2.34. The first-order chi connectivity index (χ1) is 9.63. The third-order valence-electron chi connectivity index (χ3n) is 3.56. The van der Waals surface area contributed by atoms with Crippen molar-refractivity contribution in [2.75, 3.05) is 26.2 Å². The lowest BCUT2D eigenvalue weighted by atomic mass is 9.99. The molecule has 6 heteroatoms. The van der Waals surface area contributed by atoms with Gasteiger partial charge in [0.05, 0.1) is 4.92 Å². The van der Waals surface area contributed by atoms with Gasteiger partial charge in [0, 0.05) is 49.9 Å². The van der Waals surface area contributed by atoms with Crippen LogP contribution >= 0.6 is 0 Å². The van der Waals surface area contributed by atoms with Crippen LogP contribution in [0.25, 0.3) is 0 Å². The fourth-order valence-corrected chi connectivity index (χ4v) is 2.55. The molecule has 0 aromatic heterocycles. The van der Waals surface area contributed by atoms with E-state index in [1.165, 1.54) is 18.2 Å². The predicted molar refractivity (Wildman–Crippen MR) is 76.8 cm³/mol. The standard InChI is InChI=1S/C14H19N3O3/c1-2-3-13(16-8-6-15-7-9-16)12-10-11(17(19)20)4-5-14(12)18/h2,4-5,10,13,15,18H,1,3,6-9H2/t13-/m0/s1. The van der Waals surface area contributed by atoms with Crippen molar-refractivity contribution in [2.45, 2.75) is 12.5 Å². The van der Waals surface area contributed by atoms with Crippen LogP contribution in [0.15, 0.2) is 30.9 Å². The molecule has 1 aliphatic heterocycles. The molecule has 1 heterocycles. The van der Waals surface area contributed by atoms with Gasteiger partial charge in [-0.3, -0.25) is 15.0 Å². The average Bonchev–Trinajstić information content (AvgIpc) is 2.46. The largest absolute Gasteiger partial charge is 0.508 e. The zero-order chi connectivity index (χ0) is 14.5. The Kier molecular flexibility index (Phi) is 4.70. The molecule has 0 saturated carbocycles. The molecule has 2 rings (SSSR count). The number of nitrogens with one attached hydrogen (secondary N) is 1. The highest BCUT2D eigenvalue weighted by Crippen LogP contribution is 2.34. The Labute approximate surface area is 117 Å². The van der Waals surface area contributed by atoms with Crippen molar-refractivity contribution in [3.05, 3.63) is 46.5 Å². The number of phenolic OH excluding ortho intramolecular Hbond substituents is 1. The molecule has 1 aromatic rings. The summed E-state index contributed by atoms with van der Waals surface area (Å²) in [4.78, 5) is 12.7. The molecule has 1 aliphatic rings. The summed E-state index contributed by atoms with van der Waals surface area (Å²) < 4.78 is 0. The van der Waals surface area contributed by atoms with Crippen molar-refractivity contribution in [1.29, 1.82) is 0 Å². The van der Waals surface area contributed by atoms with E-state index >= 15 is 0 Å². The Bertz CT molecular complexity index is 498. The summed E-state index contributed by atoms with van der Waals surface area (Å²) in [6, 6.07) is 4.10. The number of nitro groups is 1. The van der Waals surface area contributed by atoms with Gasteiger partial charge in [0.1, 0.15) is 5.75 Å². The van der Waals surface area contributed by atoms with E-state index in [0.29, 0.717) is 12.0 Å². The third kappa shape index (κ3) is 3.15. The minimum atomic E-state index is -0.439. The molecule has 6 nitrogen and oxygen atoms in total. The SMILES string of the molecule is C=CC[C@@H](c1cc([N+](=O)[O-])ccc1O)N1CCNCC1.